The van der Waals surface area contributed by atoms with Gasteiger partial charge < -0.3 is 10.0 Å². The monoisotopic (exact) mass is 395 g/mol. The van der Waals surface area contributed by atoms with Crippen molar-refractivity contribution in [1.82, 2.24) is 24.4 Å². The number of likely N-dealkylation sites (N-methyl/N-ethyl adjacent to an activating group) is 1. The molecule has 1 N–H and O–H groups in total. The molecule has 2 aromatic heterocycles. The van der Waals surface area contributed by atoms with Crippen molar-refractivity contribution in [3.63, 3.8) is 0 Å². The summed E-state index contributed by atoms with van der Waals surface area (Å²) in [6.45, 7) is 5.30. The maximum Gasteiger partial charge on any atom is 0.230 e. The van der Waals surface area contributed by atoms with Crippen molar-refractivity contribution >= 4 is 27.9 Å². The zero-order valence-corrected chi connectivity index (χ0v) is 16.1. The summed E-state index contributed by atoms with van der Waals surface area (Å²) in [7, 11) is 2.09. The molecule has 6 nitrogen and oxygen atoms in total. The van der Waals surface area contributed by atoms with Crippen molar-refractivity contribution in [3.05, 3.63) is 45.3 Å². The predicted octanol–water partition coefficient (Wildman–Crippen LogP) is 2.93. The lowest BCUT2D eigenvalue weighted by atomic mass is 10.0. The molecular weight excluding hydrogens is 377 g/mol. The van der Waals surface area contributed by atoms with Crippen molar-refractivity contribution in [2.24, 2.45) is 0 Å². The third-order valence-electron chi connectivity index (χ3n) is 4.72. The van der Waals surface area contributed by atoms with Gasteiger partial charge in [-0.15, -0.1) is 5.10 Å². The molecule has 26 heavy (non-hydrogen) atoms. The lowest BCUT2D eigenvalue weighted by Gasteiger charge is -2.37. The molecule has 3 aromatic rings. The zero-order chi connectivity index (χ0) is 18.4. The minimum atomic E-state index is -0.449. The molecule has 138 valence electrons. The number of aromatic hydroxyl groups is 1. The van der Waals surface area contributed by atoms with E-state index in [4.69, 9.17) is 11.6 Å². The number of hydrogen-bond acceptors (Lipinski definition) is 6. The molecule has 3 heterocycles. The van der Waals surface area contributed by atoms with Crippen molar-refractivity contribution in [2.45, 2.75) is 13.0 Å². The zero-order valence-electron chi connectivity index (χ0n) is 14.5. The highest BCUT2D eigenvalue weighted by molar-refractivity contribution is 7.17. The molecule has 0 spiro atoms. The van der Waals surface area contributed by atoms with E-state index in [0.717, 1.165) is 36.6 Å². The minimum Gasteiger partial charge on any atom is -0.492 e. The number of aromatic nitrogens is 3. The van der Waals surface area contributed by atoms with Gasteiger partial charge in [0.25, 0.3) is 0 Å². The van der Waals surface area contributed by atoms with Gasteiger partial charge in [0, 0.05) is 26.2 Å². The Morgan fingerprint density at radius 2 is 2.00 bits per heavy atom. The van der Waals surface area contributed by atoms with Gasteiger partial charge in [-0.2, -0.15) is 4.52 Å². The van der Waals surface area contributed by atoms with Gasteiger partial charge in [-0.1, -0.05) is 29.0 Å². The summed E-state index contributed by atoms with van der Waals surface area (Å²) < 4.78 is 15.1. The van der Waals surface area contributed by atoms with Crippen LogP contribution in [0.25, 0.3) is 4.96 Å². The fourth-order valence-electron chi connectivity index (χ4n) is 3.32. The number of thiazole rings is 1. The summed E-state index contributed by atoms with van der Waals surface area (Å²) >= 11 is 7.43. The first-order valence-corrected chi connectivity index (χ1v) is 9.56. The van der Waals surface area contributed by atoms with Crippen molar-refractivity contribution in [1.29, 1.82) is 0 Å². The van der Waals surface area contributed by atoms with Gasteiger partial charge in [-0.25, -0.2) is 9.37 Å². The highest BCUT2D eigenvalue weighted by Crippen LogP contribution is 2.40. The third kappa shape index (κ3) is 3.07. The molecule has 0 bridgehead atoms. The molecule has 1 aromatic carbocycles. The topological polar surface area (TPSA) is 56.9 Å². The first kappa shape index (κ1) is 17.7. The second kappa shape index (κ2) is 6.77. The van der Waals surface area contributed by atoms with E-state index in [9.17, 15) is 9.50 Å². The van der Waals surface area contributed by atoms with E-state index in [1.54, 1.807) is 19.1 Å². The average molecular weight is 396 g/mol. The molecular formula is C17H19ClFN5OS. The van der Waals surface area contributed by atoms with E-state index in [0.29, 0.717) is 10.8 Å². The Morgan fingerprint density at radius 1 is 1.27 bits per heavy atom. The van der Waals surface area contributed by atoms with Gasteiger partial charge in [0.1, 0.15) is 11.6 Å². The number of hydrogen-bond donors (Lipinski definition) is 1. The molecule has 1 atom stereocenters. The molecule has 1 fully saturated rings. The highest BCUT2D eigenvalue weighted by Gasteiger charge is 2.31. The van der Waals surface area contributed by atoms with E-state index >= 15 is 0 Å². The van der Waals surface area contributed by atoms with Crippen LogP contribution in [0.3, 0.4) is 0 Å². The first-order valence-electron chi connectivity index (χ1n) is 8.36. The standard InChI is InChI=1S/C17H19ClFN5OS/c1-10-20-17-24(21-10)16(25)15(26-17)14(23-7-5-22(2)6-8-23)11-3-4-13(19)12(18)9-11/h3-4,9,14,25H,5-8H2,1-2H3/t14-/m1/s1. The molecule has 1 aliphatic rings. The van der Waals surface area contributed by atoms with Gasteiger partial charge in [0.15, 0.2) is 0 Å². The molecule has 0 aliphatic carbocycles. The Balaban J connectivity index is 1.82. The van der Waals surface area contributed by atoms with E-state index in [1.807, 2.05) is 0 Å². The predicted molar refractivity (Wildman–Crippen MR) is 99.6 cm³/mol. The van der Waals surface area contributed by atoms with Gasteiger partial charge in [-0.3, -0.25) is 4.90 Å². The number of fused-ring (bicyclic) bond motifs is 1. The Bertz CT molecular complexity index is 950. The third-order valence-corrected chi connectivity index (χ3v) is 6.08. The number of benzene rings is 1. The molecule has 0 radical (unpaired) electrons. The smallest absolute Gasteiger partial charge is 0.230 e. The van der Waals surface area contributed by atoms with Crippen LogP contribution < -0.4 is 0 Å². The maximum atomic E-state index is 13.7. The lowest BCUT2D eigenvalue weighted by Crippen LogP contribution is -2.46. The molecule has 1 aliphatic heterocycles. The molecule has 0 amide bonds. The summed E-state index contributed by atoms with van der Waals surface area (Å²) in [5.41, 5.74) is 0.845. The summed E-state index contributed by atoms with van der Waals surface area (Å²) in [6.07, 6.45) is 0. The van der Waals surface area contributed by atoms with Crippen LogP contribution >= 0.6 is 22.9 Å². The van der Waals surface area contributed by atoms with Crippen LogP contribution in [-0.4, -0.2) is 62.7 Å². The fraction of sp³-hybridized carbons (Fsp3) is 0.412. The Kier molecular flexibility index (Phi) is 4.60. The summed E-state index contributed by atoms with van der Waals surface area (Å²) in [4.78, 5) is 10.3. The maximum absolute atomic E-state index is 13.7. The first-order chi connectivity index (χ1) is 12.4. The van der Waals surface area contributed by atoms with Gasteiger partial charge >= 0.3 is 0 Å². The van der Waals surface area contributed by atoms with Crippen LogP contribution in [-0.2, 0) is 0 Å². The molecule has 4 rings (SSSR count). The highest BCUT2D eigenvalue weighted by atomic mass is 35.5. The number of nitrogens with zero attached hydrogens (tertiary/aromatic N) is 5. The van der Waals surface area contributed by atoms with Crippen molar-refractivity contribution in [2.75, 3.05) is 33.2 Å². The lowest BCUT2D eigenvalue weighted by molar-refractivity contribution is 0.127. The van der Waals surface area contributed by atoms with Crippen LogP contribution in [0.1, 0.15) is 22.3 Å². The Morgan fingerprint density at radius 3 is 2.65 bits per heavy atom. The summed E-state index contributed by atoms with van der Waals surface area (Å²) in [6, 6.07) is 4.51. The van der Waals surface area contributed by atoms with E-state index in [1.165, 1.54) is 21.9 Å². The average Bonchev–Trinajstić information content (AvgIpc) is 3.11. The van der Waals surface area contributed by atoms with Crippen molar-refractivity contribution in [3.8, 4) is 5.88 Å². The number of halogens is 2. The Hall–Kier alpha value is -1.74. The van der Waals surface area contributed by atoms with E-state index < -0.39 is 5.82 Å². The molecule has 0 unspecified atom stereocenters. The number of piperazine rings is 1. The van der Waals surface area contributed by atoms with Crippen LogP contribution in [0, 0.1) is 12.7 Å². The largest absolute Gasteiger partial charge is 0.492 e. The van der Waals surface area contributed by atoms with Crippen LogP contribution in [0.2, 0.25) is 5.02 Å². The molecule has 0 saturated carbocycles. The van der Waals surface area contributed by atoms with Crippen LogP contribution in [0.4, 0.5) is 4.39 Å². The van der Waals surface area contributed by atoms with Gasteiger partial charge in [-0.05, 0) is 31.7 Å². The van der Waals surface area contributed by atoms with Gasteiger partial charge in [0.2, 0.25) is 10.8 Å². The number of aryl methyl sites for hydroxylation is 1. The second-order valence-electron chi connectivity index (χ2n) is 6.56. The normalized spacial score (nSPS) is 17.8. The Labute approximate surface area is 159 Å². The summed E-state index contributed by atoms with van der Waals surface area (Å²) in [5.74, 6) is 0.240. The molecule has 1 saturated heterocycles. The minimum absolute atomic E-state index is 0.0787. The van der Waals surface area contributed by atoms with Gasteiger partial charge in [0.05, 0.1) is 15.9 Å². The van der Waals surface area contributed by atoms with Crippen molar-refractivity contribution < 1.29 is 9.50 Å². The second-order valence-corrected chi connectivity index (χ2v) is 7.97. The SMILES string of the molecule is Cc1nc2sc([C@@H](c3ccc(F)c(Cl)c3)N3CCN(C)CC3)c(O)n2n1. The number of rotatable bonds is 3. The quantitative estimate of drug-likeness (QED) is 0.739. The van der Waals surface area contributed by atoms with E-state index in [2.05, 4.69) is 26.9 Å². The van der Waals surface area contributed by atoms with E-state index in [-0.39, 0.29) is 16.9 Å². The fourth-order valence-corrected chi connectivity index (χ4v) is 4.67. The van der Waals surface area contributed by atoms with Crippen LogP contribution in [0.5, 0.6) is 5.88 Å². The molecule has 9 heteroatoms. The summed E-state index contributed by atoms with van der Waals surface area (Å²) in [5, 5.41) is 15.1. The van der Waals surface area contributed by atoms with Crippen LogP contribution in [0.15, 0.2) is 18.2 Å².